The molecule has 0 aliphatic heterocycles. The highest BCUT2D eigenvalue weighted by Gasteiger charge is 2.36. The second-order valence-corrected chi connectivity index (χ2v) is 3.78. The van der Waals surface area contributed by atoms with E-state index in [2.05, 4.69) is 0 Å². The number of hydrogen-bond donors (Lipinski definition) is 0. The van der Waals surface area contributed by atoms with Crippen LogP contribution in [0.3, 0.4) is 0 Å². The zero-order valence-corrected chi connectivity index (χ0v) is 9.79. The van der Waals surface area contributed by atoms with E-state index >= 15 is 0 Å². The fraction of sp³-hybridized carbons (Fsp3) is 0.0714. The zero-order valence-electron chi connectivity index (χ0n) is 9.79. The maximum Gasteiger partial charge on any atom is 0.197 e. The summed E-state index contributed by atoms with van der Waals surface area (Å²) in [5.41, 5.74) is -1.31. The second-order valence-electron chi connectivity index (χ2n) is 3.78. The van der Waals surface area contributed by atoms with Gasteiger partial charge in [0.25, 0.3) is 0 Å². The smallest absolute Gasteiger partial charge is 0.197 e. The minimum absolute atomic E-state index is 0.0305. The van der Waals surface area contributed by atoms with Gasteiger partial charge in [0, 0.05) is 16.7 Å². The third-order valence-corrected chi connectivity index (χ3v) is 2.86. The minimum atomic E-state index is -0.869. The standard InChI is InChI=1S/C14H6F2N2O/c1-2-8-11(7(5-17)6-18)12-9(15)3-4-10(16)13(12)14(8)19/h2-4H,1H3/b8-2+. The van der Waals surface area contributed by atoms with Crippen LogP contribution in [-0.4, -0.2) is 5.78 Å². The number of rotatable bonds is 0. The number of allylic oxidation sites excluding steroid dienone is 4. The summed E-state index contributed by atoms with van der Waals surface area (Å²) in [6.07, 6.45) is 1.34. The van der Waals surface area contributed by atoms with Crippen LogP contribution in [0.25, 0.3) is 5.57 Å². The molecule has 0 unspecified atom stereocenters. The molecule has 0 heterocycles. The van der Waals surface area contributed by atoms with Crippen molar-refractivity contribution in [1.82, 2.24) is 0 Å². The van der Waals surface area contributed by atoms with Crippen molar-refractivity contribution < 1.29 is 13.6 Å². The molecule has 0 aromatic heterocycles. The van der Waals surface area contributed by atoms with E-state index in [-0.39, 0.29) is 16.7 Å². The number of carbonyl (C=O) groups excluding carboxylic acids is 1. The lowest BCUT2D eigenvalue weighted by Gasteiger charge is -2.02. The number of carbonyl (C=O) groups is 1. The first-order valence-electron chi connectivity index (χ1n) is 5.31. The molecule has 0 bridgehead atoms. The highest BCUT2D eigenvalue weighted by atomic mass is 19.1. The van der Waals surface area contributed by atoms with Crippen molar-refractivity contribution in [2.75, 3.05) is 0 Å². The van der Waals surface area contributed by atoms with Crippen LogP contribution in [0.4, 0.5) is 8.78 Å². The van der Waals surface area contributed by atoms with Gasteiger partial charge in [-0.15, -0.1) is 0 Å². The number of nitriles is 2. The quantitative estimate of drug-likeness (QED) is 0.529. The van der Waals surface area contributed by atoms with E-state index in [1.807, 2.05) is 0 Å². The van der Waals surface area contributed by atoms with Crippen LogP contribution in [0.2, 0.25) is 0 Å². The van der Waals surface area contributed by atoms with Crippen LogP contribution in [-0.2, 0) is 0 Å². The van der Waals surface area contributed by atoms with Crippen LogP contribution in [0.15, 0.2) is 29.4 Å². The summed E-state index contributed by atoms with van der Waals surface area (Å²) in [5.74, 6) is -2.42. The molecule has 1 aliphatic rings. The summed E-state index contributed by atoms with van der Waals surface area (Å²) >= 11 is 0. The molecule has 1 aromatic carbocycles. The molecular weight excluding hydrogens is 250 g/mol. The van der Waals surface area contributed by atoms with Gasteiger partial charge < -0.3 is 0 Å². The fourth-order valence-corrected chi connectivity index (χ4v) is 2.07. The van der Waals surface area contributed by atoms with Crippen molar-refractivity contribution in [1.29, 1.82) is 10.5 Å². The number of nitrogens with zero attached hydrogens (tertiary/aromatic N) is 2. The molecule has 0 fully saturated rings. The van der Waals surface area contributed by atoms with Crippen molar-refractivity contribution >= 4 is 11.4 Å². The van der Waals surface area contributed by atoms with Crippen molar-refractivity contribution in [2.24, 2.45) is 0 Å². The molecule has 0 spiro atoms. The van der Waals surface area contributed by atoms with Crippen molar-refractivity contribution in [2.45, 2.75) is 6.92 Å². The van der Waals surface area contributed by atoms with E-state index < -0.39 is 28.6 Å². The van der Waals surface area contributed by atoms with Crippen LogP contribution in [0.5, 0.6) is 0 Å². The highest BCUT2D eigenvalue weighted by molar-refractivity contribution is 6.27. The van der Waals surface area contributed by atoms with Crippen molar-refractivity contribution in [3.63, 3.8) is 0 Å². The Morgan fingerprint density at radius 3 is 2.16 bits per heavy atom. The van der Waals surface area contributed by atoms with E-state index in [4.69, 9.17) is 10.5 Å². The fourth-order valence-electron chi connectivity index (χ4n) is 2.07. The Bertz CT molecular complexity index is 730. The summed E-state index contributed by atoms with van der Waals surface area (Å²) in [5, 5.41) is 17.8. The molecule has 0 N–H and O–H groups in total. The average Bonchev–Trinajstić information content (AvgIpc) is 2.70. The number of hydrogen-bond acceptors (Lipinski definition) is 3. The lowest BCUT2D eigenvalue weighted by molar-refractivity contribution is 0.103. The van der Waals surface area contributed by atoms with Crippen LogP contribution >= 0.6 is 0 Å². The van der Waals surface area contributed by atoms with Gasteiger partial charge in [-0.1, -0.05) is 6.08 Å². The second kappa shape index (κ2) is 4.47. The first-order chi connectivity index (χ1) is 9.06. The summed E-state index contributed by atoms with van der Waals surface area (Å²) in [6.45, 7) is 1.50. The minimum Gasteiger partial charge on any atom is -0.288 e. The molecular formula is C14H6F2N2O. The third-order valence-electron chi connectivity index (χ3n) is 2.86. The molecule has 0 saturated carbocycles. The number of ketones is 1. The first-order valence-corrected chi connectivity index (χ1v) is 5.31. The topological polar surface area (TPSA) is 64.7 Å². The highest BCUT2D eigenvalue weighted by Crippen LogP contribution is 2.41. The molecule has 0 saturated heterocycles. The van der Waals surface area contributed by atoms with Gasteiger partial charge in [-0.05, 0) is 19.1 Å². The monoisotopic (exact) mass is 256 g/mol. The lowest BCUT2D eigenvalue weighted by Crippen LogP contribution is -1.99. The predicted molar refractivity (Wildman–Crippen MR) is 62.6 cm³/mol. The van der Waals surface area contributed by atoms with Gasteiger partial charge in [0.1, 0.15) is 29.3 Å². The van der Waals surface area contributed by atoms with Crippen LogP contribution in [0.1, 0.15) is 22.8 Å². The Kier molecular flexibility index (Phi) is 2.98. The van der Waals surface area contributed by atoms with Gasteiger partial charge in [0.05, 0.1) is 5.56 Å². The van der Waals surface area contributed by atoms with Crippen LogP contribution in [0, 0.1) is 34.3 Å². The molecule has 0 amide bonds. The maximum absolute atomic E-state index is 13.8. The molecule has 0 radical (unpaired) electrons. The number of benzene rings is 1. The van der Waals surface area contributed by atoms with E-state index in [0.717, 1.165) is 12.1 Å². The Balaban J connectivity index is 3.00. The number of fused-ring (bicyclic) bond motifs is 1. The Hall–Kier alpha value is -2.79. The van der Waals surface area contributed by atoms with Crippen LogP contribution < -0.4 is 0 Å². The summed E-state index contributed by atoms with van der Waals surface area (Å²) < 4.78 is 27.5. The Labute approximate surface area is 107 Å². The normalized spacial score (nSPS) is 15.1. The molecule has 92 valence electrons. The average molecular weight is 256 g/mol. The van der Waals surface area contributed by atoms with E-state index in [0.29, 0.717) is 0 Å². The van der Waals surface area contributed by atoms with Gasteiger partial charge >= 0.3 is 0 Å². The number of Topliss-reactive ketones (excluding diaryl/α,β-unsaturated/α-hetero) is 1. The molecule has 1 aromatic rings. The largest absolute Gasteiger partial charge is 0.288 e. The van der Waals surface area contributed by atoms with E-state index in [1.165, 1.54) is 13.0 Å². The zero-order chi connectivity index (χ0) is 14.2. The molecule has 0 atom stereocenters. The SMILES string of the molecule is C/C=C1/C(=O)c2c(F)ccc(F)c2C1=C(C#N)C#N. The molecule has 19 heavy (non-hydrogen) atoms. The summed E-state index contributed by atoms with van der Waals surface area (Å²) in [4.78, 5) is 12.0. The molecule has 5 heteroatoms. The van der Waals surface area contributed by atoms with Crippen molar-refractivity contribution in [3.05, 3.63) is 52.1 Å². The van der Waals surface area contributed by atoms with Gasteiger partial charge in [0.15, 0.2) is 5.78 Å². The van der Waals surface area contributed by atoms with Crippen molar-refractivity contribution in [3.8, 4) is 12.1 Å². The number of halogens is 2. The van der Waals surface area contributed by atoms with Gasteiger partial charge in [0.2, 0.25) is 0 Å². The lowest BCUT2D eigenvalue weighted by atomic mass is 9.99. The Morgan fingerprint density at radius 2 is 1.68 bits per heavy atom. The van der Waals surface area contributed by atoms with Gasteiger partial charge in [-0.25, -0.2) is 8.78 Å². The predicted octanol–water partition coefficient (Wildman–Crippen LogP) is 2.91. The maximum atomic E-state index is 13.8. The van der Waals surface area contributed by atoms with Gasteiger partial charge in [-0.3, -0.25) is 4.79 Å². The molecule has 2 rings (SSSR count). The third kappa shape index (κ3) is 1.64. The summed E-state index contributed by atoms with van der Waals surface area (Å²) in [7, 11) is 0. The van der Waals surface area contributed by atoms with Gasteiger partial charge in [-0.2, -0.15) is 10.5 Å². The molecule has 1 aliphatic carbocycles. The summed E-state index contributed by atoms with van der Waals surface area (Å²) in [6, 6.07) is 4.92. The first kappa shape index (κ1) is 12.7. The molecule has 3 nitrogen and oxygen atoms in total. The van der Waals surface area contributed by atoms with E-state index in [9.17, 15) is 13.6 Å². The Morgan fingerprint density at radius 1 is 1.16 bits per heavy atom. The van der Waals surface area contributed by atoms with E-state index in [1.54, 1.807) is 12.1 Å².